The van der Waals surface area contributed by atoms with Gasteiger partial charge in [0.15, 0.2) is 0 Å². The Morgan fingerprint density at radius 3 is 2.47 bits per heavy atom. The monoisotopic (exact) mass is 260 g/mol. The summed E-state index contributed by atoms with van der Waals surface area (Å²) in [7, 11) is 0. The van der Waals surface area contributed by atoms with Gasteiger partial charge in [-0.1, -0.05) is 26.2 Å². The minimum Gasteiger partial charge on any atom is -0.383 e. The fourth-order valence-corrected chi connectivity index (χ4v) is 2.65. The van der Waals surface area contributed by atoms with Crippen LogP contribution >= 0.6 is 0 Å². The molecule has 2 heterocycles. The second-order valence-electron chi connectivity index (χ2n) is 5.28. The SMILES string of the molecule is CCCCCCn1c(C)c(C)c2c(N)nc(C)nc21. The predicted molar refractivity (Wildman–Crippen MR) is 80.3 cm³/mol. The van der Waals surface area contributed by atoms with Crippen LogP contribution in [0.3, 0.4) is 0 Å². The summed E-state index contributed by atoms with van der Waals surface area (Å²) in [6.07, 6.45) is 5.03. The third-order valence-electron chi connectivity index (χ3n) is 3.84. The Kier molecular flexibility index (Phi) is 4.08. The Hall–Kier alpha value is -1.58. The standard InChI is InChI=1S/C15H24N4/c1-5-6-7-8-9-19-11(3)10(2)13-14(16)17-12(4)18-15(13)19/h5-9H2,1-4H3,(H2,16,17,18). The summed E-state index contributed by atoms with van der Waals surface area (Å²) in [4.78, 5) is 8.87. The van der Waals surface area contributed by atoms with Crippen LogP contribution in [-0.4, -0.2) is 14.5 Å². The summed E-state index contributed by atoms with van der Waals surface area (Å²) >= 11 is 0. The van der Waals surface area contributed by atoms with Gasteiger partial charge in [-0.25, -0.2) is 9.97 Å². The molecule has 0 aliphatic carbocycles. The quantitative estimate of drug-likeness (QED) is 0.837. The molecule has 0 radical (unpaired) electrons. The number of hydrogen-bond donors (Lipinski definition) is 1. The van der Waals surface area contributed by atoms with Crippen LogP contribution in [0.4, 0.5) is 5.82 Å². The molecule has 0 unspecified atom stereocenters. The van der Waals surface area contributed by atoms with E-state index in [1.165, 1.54) is 36.9 Å². The third kappa shape index (κ3) is 2.57. The van der Waals surface area contributed by atoms with Crippen molar-refractivity contribution in [3.05, 3.63) is 17.1 Å². The number of nitrogens with zero attached hydrogens (tertiary/aromatic N) is 3. The van der Waals surface area contributed by atoms with Crippen molar-refractivity contribution in [2.24, 2.45) is 0 Å². The number of unbranched alkanes of at least 4 members (excludes halogenated alkanes) is 3. The van der Waals surface area contributed by atoms with Crippen molar-refractivity contribution >= 4 is 16.9 Å². The van der Waals surface area contributed by atoms with E-state index in [0.29, 0.717) is 5.82 Å². The Bertz CT molecular complexity index is 584. The summed E-state index contributed by atoms with van der Waals surface area (Å²) in [5, 5.41) is 1.03. The summed E-state index contributed by atoms with van der Waals surface area (Å²) in [5.74, 6) is 1.35. The first-order chi connectivity index (χ1) is 9.06. The summed E-state index contributed by atoms with van der Waals surface area (Å²) in [5.41, 5.74) is 9.52. The lowest BCUT2D eigenvalue weighted by Gasteiger charge is -2.08. The molecule has 0 saturated heterocycles. The summed E-state index contributed by atoms with van der Waals surface area (Å²) < 4.78 is 2.30. The molecule has 2 N–H and O–H groups in total. The van der Waals surface area contributed by atoms with Crippen molar-refractivity contribution in [2.75, 3.05) is 5.73 Å². The molecule has 0 amide bonds. The van der Waals surface area contributed by atoms with Crippen LogP contribution in [0.5, 0.6) is 0 Å². The first-order valence-corrected chi connectivity index (χ1v) is 7.15. The van der Waals surface area contributed by atoms with Crippen molar-refractivity contribution in [2.45, 2.75) is 59.9 Å². The zero-order chi connectivity index (χ0) is 14.0. The molecule has 0 aliphatic heterocycles. The lowest BCUT2D eigenvalue weighted by Crippen LogP contribution is -2.03. The van der Waals surface area contributed by atoms with Gasteiger partial charge in [0.25, 0.3) is 0 Å². The van der Waals surface area contributed by atoms with E-state index >= 15 is 0 Å². The molecular formula is C15H24N4. The van der Waals surface area contributed by atoms with Gasteiger partial charge in [0.05, 0.1) is 5.39 Å². The van der Waals surface area contributed by atoms with Crippen LogP contribution in [-0.2, 0) is 6.54 Å². The van der Waals surface area contributed by atoms with Crippen LogP contribution in [0.15, 0.2) is 0 Å². The number of aryl methyl sites for hydroxylation is 3. The average molecular weight is 260 g/mol. The van der Waals surface area contributed by atoms with Gasteiger partial charge in [-0.15, -0.1) is 0 Å². The Balaban J connectivity index is 2.40. The second-order valence-corrected chi connectivity index (χ2v) is 5.28. The number of nitrogen functional groups attached to an aromatic ring is 1. The maximum absolute atomic E-state index is 6.05. The predicted octanol–water partition coefficient (Wildman–Crippen LogP) is 3.52. The van der Waals surface area contributed by atoms with E-state index in [-0.39, 0.29) is 0 Å². The highest BCUT2D eigenvalue weighted by Crippen LogP contribution is 2.28. The highest BCUT2D eigenvalue weighted by Gasteiger charge is 2.15. The topological polar surface area (TPSA) is 56.7 Å². The van der Waals surface area contributed by atoms with Crippen molar-refractivity contribution in [3.63, 3.8) is 0 Å². The molecule has 4 heteroatoms. The first kappa shape index (κ1) is 13.8. The van der Waals surface area contributed by atoms with E-state index in [0.717, 1.165) is 23.4 Å². The lowest BCUT2D eigenvalue weighted by atomic mass is 10.2. The normalized spacial score (nSPS) is 11.4. The van der Waals surface area contributed by atoms with Crippen LogP contribution in [0.1, 0.15) is 49.7 Å². The van der Waals surface area contributed by atoms with Crippen LogP contribution in [0.25, 0.3) is 11.0 Å². The Morgan fingerprint density at radius 1 is 1.05 bits per heavy atom. The van der Waals surface area contributed by atoms with Gasteiger partial charge in [0.1, 0.15) is 17.3 Å². The van der Waals surface area contributed by atoms with Crippen LogP contribution in [0.2, 0.25) is 0 Å². The van der Waals surface area contributed by atoms with Crippen molar-refractivity contribution in [3.8, 4) is 0 Å². The van der Waals surface area contributed by atoms with Crippen LogP contribution < -0.4 is 5.73 Å². The lowest BCUT2D eigenvalue weighted by molar-refractivity contribution is 0.583. The van der Waals surface area contributed by atoms with Gasteiger partial charge in [-0.3, -0.25) is 0 Å². The van der Waals surface area contributed by atoms with Gasteiger partial charge in [-0.2, -0.15) is 0 Å². The molecule has 0 bridgehead atoms. The first-order valence-electron chi connectivity index (χ1n) is 7.15. The summed E-state index contributed by atoms with van der Waals surface area (Å²) in [6, 6.07) is 0. The number of nitrogens with two attached hydrogens (primary N) is 1. The fraction of sp³-hybridized carbons (Fsp3) is 0.600. The molecule has 2 rings (SSSR count). The zero-order valence-electron chi connectivity index (χ0n) is 12.5. The molecule has 0 aliphatic rings. The van der Waals surface area contributed by atoms with Crippen molar-refractivity contribution in [1.82, 2.24) is 14.5 Å². The number of hydrogen-bond acceptors (Lipinski definition) is 3. The van der Waals surface area contributed by atoms with Gasteiger partial charge in [0, 0.05) is 12.2 Å². The summed E-state index contributed by atoms with van der Waals surface area (Å²) in [6.45, 7) is 9.40. The molecule has 19 heavy (non-hydrogen) atoms. The van der Waals surface area contributed by atoms with Gasteiger partial charge < -0.3 is 10.3 Å². The van der Waals surface area contributed by atoms with E-state index in [1.807, 2.05) is 6.92 Å². The molecular weight excluding hydrogens is 236 g/mol. The average Bonchev–Trinajstić information content (AvgIpc) is 2.59. The zero-order valence-corrected chi connectivity index (χ0v) is 12.5. The maximum atomic E-state index is 6.05. The molecule has 0 saturated carbocycles. The van der Waals surface area contributed by atoms with Crippen molar-refractivity contribution in [1.29, 1.82) is 0 Å². The molecule has 0 fully saturated rings. The van der Waals surface area contributed by atoms with E-state index < -0.39 is 0 Å². The smallest absolute Gasteiger partial charge is 0.146 e. The van der Waals surface area contributed by atoms with E-state index in [4.69, 9.17) is 5.73 Å². The Morgan fingerprint density at radius 2 is 1.79 bits per heavy atom. The maximum Gasteiger partial charge on any atom is 0.146 e. The molecule has 104 valence electrons. The number of fused-ring (bicyclic) bond motifs is 1. The largest absolute Gasteiger partial charge is 0.383 e. The minimum absolute atomic E-state index is 0.607. The van der Waals surface area contributed by atoms with Crippen LogP contribution in [0, 0.1) is 20.8 Å². The minimum atomic E-state index is 0.607. The molecule has 2 aromatic rings. The third-order valence-corrected chi connectivity index (χ3v) is 3.84. The molecule has 0 spiro atoms. The molecule has 2 aromatic heterocycles. The van der Waals surface area contributed by atoms with Gasteiger partial charge in [0.2, 0.25) is 0 Å². The van der Waals surface area contributed by atoms with Gasteiger partial charge >= 0.3 is 0 Å². The number of rotatable bonds is 5. The molecule has 0 atom stereocenters. The molecule has 4 nitrogen and oxygen atoms in total. The number of aromatic nitrogens is 3. The van der Waals surface area contributed by atoms with Crippen molar-refractivity contribution < 1.29 is 0 Å². The fourth-order valence-electron chi connectivity index (χ4n) is 2.65. The highest BCUT2D eigenvalue weighted by molar-refractivity contribution is 5.91. The second kappa shape index (κ2) is 5.59. The van der Waals surface area contributed by atoms with E-state index in [2.05, 4.69) is 35.3 Å². The van der Waals surface area contributed by atoms with Gasteiger partial charge in [-0.05, 0) is 32.8 Å². The molecule has 0 aromatic carbocycles. The highest BCUT2D eigenvalue weighted by atomic mass is 15.1. The van der Waals surface area contributed by atoms with E-state index in [9.17, 15) is 0 Å². The van der Waals surface area contributed by atoms with E-state index in [1.54, 1.807) is 0 Å². The number of anilines is 1. The Labute approximate surface area is 115 Å².